The first-order valence-electron chi connectivity index (χ1n) is 6.91. The molecule has 22 heavy (non-hydrogen) atoms. The number of aryl methyl sites for hydroxylation is 1. The molecule has 1 amide bonds. The standard InChI is InChI=1S/C15H14ClN5O/c16-12-4-5-13-11(3-1-6-17-13)14(12)15(22)18-7-2-9-21-10-8-19-20-21/h1,3-6,8,10H,2,7,9H2,(H,18,22). The van der Waals surface area contributed by atoms with E-state index in [0.29, 0.717) is 23.7 Å². The first kappa shape index (κ1) is 14.5. The molecule has 0 saturated heterocycles. The molecule has 0 bridgehead atoms. The molecular formula is C15H14ClN5O. The van der Waals surface area contributed by atoms with Gasteiger partial charge in [0.15, 0.2) is 0 Å². The molecule has 0 fully saturated rings. The maximum absolute atomic E-state index is 12.4. The van der Waals surface area contributed by atoms with Gasteiger partial charge >= 0.3 is 0 Å². The zero-order chi connectivity index (χ0) is 15.4. The van der Waals surface area contributed by atoms with Crippen LogP contribution >= 0.6 is 11.6 Å². The lowest BCUT2D eigenvalue weighted by Crippen LogP contribution is -2.26. The van der Waals surface area contributed by atoms with Gasteiger partial charge in [-0.15, -0.1) is 5.10 Å². The summed E-state index contributed by atoms with van der Waals surface area (Å²) < 4.78 is 1.72. The van der Waals surface area contributed by atoms with E-state index >= 15 is 0 Å². The number of aromatic nitrogens is 4. The summed E-state index contributed by atoms with van der Waals surface area (Å²) in [4.78, 5) is 16.6. The monoisotopic (exact) mass is 315 g/mol. The van der Waals surface area contributed by atoms with Gasteiger partial charge in [0.25, 0.3) is 5.91 Å². The number of fused-ring (bicyclic) bond motifs is 1. The largest absolute Gasteiger partial charge is 0.352 e. The number of carbonyl (C=O) groups excluding carboxylic acids is 1. The van der Waals surface area contributed by atoms with Crippen LogP contribution in [-0.2, 0) is 6.54 Å². The third-order valence-electron chi connectivity index (χ3n) is 3.28. The van der Waals surface area contributed by atoms with Crippen molar-refractivity contribution in [1.29, 1.82) is 0 Å². The Labute approximate surface area is 132 Å². The fourth-order valence-electron chi connectivity index (χ4n) is 2.24. The lowest BCUT2D eigenvalue weighted by atomic mass is 10.1. The summed E-state index contributed by atoms with van der Waals surface area (Å²) in [7, 11) is 0. The Morgan fingerprint density at radius 1 is 1.27 bits per heavy atom. The number of amides is 1. The smallest absolute Gasteiger partial charge is 0.253 e. The fraction of sp³-hybridized carbons (Fsp3) is 0.200. The number of rotatable bonds is 5. The number of pyridine rings is 1. The number of halogens is 1. The van der Waals surface area contributed by atoms with Crippen LogP contribution in [0, 0.1) is 0 Å². The van der Waals surface area contributed by atoms with E-state index in [1.54, 1.807) is 41.5 Å². The minimum Gasteiger partial charge on any atom is -0.352 e. The van der Waals surface area contributed by atoms with E-state index in [9.17, 15) is 4.79 Å². The topological polar surface area (TPSA) is 72.7 Å². The SMILES string of the molecule is O=C(NCCCn1ccnn1)c1c(Cl)ccc2ncccc12. The summed E-state index contributed by atoms with van der Waals surface area (Å²) in [5, 5.41) is 11.7. The number of nitrogens with one attached hydrogen (secondary N) is 1. The van der Waals surface area contributed by atoms with Crippen molar-refractivity contribution in [3.63, 3.8) is 0 Å². The van der Waals surface area contributed by atoms with Crippen LogP contribution in [0.5, 0.6) is 0 Å². The highest BCUT2D eigenvalue weighted by Crippen LogP contribution is 2.24. The predicted octanol–water partition coefficient (Wildman–Crippen LogP) is 2.30. The predicted molar refractivity (Wildman–Crippen MR) is 83.7 cm³/mol. The number of nitrogens with zero attached hydrogens (tertiary/aromatic N) is 4. The van der Waals surface area contributed by atoms with Crippen molar-refractivity contribution in [2.75, 3.05) is 6.54 Å². The molecule has 0 atom stereocenters. The normalized spacial score (nSPS) is 10.8. The molecule has 0 aliphatic rings. The third-order valence-corrected chi connectivity index (χ3v) is 3.60. The Bertz CT molecular complexity index is 788. The number of benzene rings is 1. The molecule has 0 aliphatic carbocycles. The molecule has 3 rings (SSSR count). The van der Waals surface area contributed by atoms with Crippen LogP contribution in [0.2, 0.25) is 5.02 Å². The zero-order valence-electron chi connectivity index (χ0n) is 11.7. The second-order valence-electron chi connectivity index (χ2n) is 4.77. The van der Waals surface area contributed by atoms with E-state index in [1.165, 1.54) is 0 Å². The molecule has 0 aliphatic heterocycles. The molecule has 1 aromatic carbocycles. The molecular weight excluding hydrogens is 302 g/mol. The van der Waals surface area contributed by atoms with Crippen LogP contribution in [0.15, 0.2) is 42.9 Å². The average Bonchev–Trinajstić information content (AvgIpc) is 3.04. The number of hydrogen-bond acceptors (Lipinski definition) is 4. The maximum Gasteiger partial charge on any atom is 0.253 e. The maximum atomic E-state index is 12.4. The van der Waals surface area contributed by atoms with Gasteiger partial charge < -0.3 is 5.32 Å². The van der Waals surface area contributed by atoms with Crippen LogP contribution in [0.25, 0.3) is 10.9 Å². The lowest BCUT2D eigenvalue weighted by Gasteiger charge is -2.09. The number of hydrogen-bond donors (Lipinski definition) is 1. The van der Waals surface area contributed by atoms with Gasteiger partial charge in [-0.25, -0.2) is 0 Å². The van der Waals surface area contributed by atoms with E-state index in [1.807, 2.05) is 6.07 Å². The Morgan fingerprint density at radius 3 is 3.00 bits per heavy atom. The summed E-state index contributed by atoms with van der Waals surface area (Å²) >= 11 is 6.18. The fourth-order valence-corrected chi connectivity index (χ4v) is 2.49. The quantitative estimate of drug-likeness (QED) is 0.733. The van der Waals surface area contributed by atoms with Crippen molar-refractivity contribution in [2.24, 2.45) is 0 Å². The summed E-state index contributed by atoms with van der Waals surface area (Å²) in [5.74, 6) is -0.192. The molecule has 2 aromatic heterocycles. The minimum absolute atomic E-state index is 0.192. The van der Waals surface area contributed by atoms with Gasteiger partial charge in [-0.3, -0.25) is 14.5 Å². The Kier molecular flexibility index (Phi) is 4.29. The zero-order valence-corrected chi connectivity index (χ0v) is 12.5. The first-order chi connectivity index (χ1) is 10.8. The average molecular weight is 316 g/mol. The van der Waals surface area contributed by atoms with Gasteiger partial charge in [-0.05, 0) is 24.6 Å². The summed E-state index contributed by atoms with van der Waals surface area (Å²) in [6, 6.07) is 7.14. The Morgan fingerprint density at radius 2 is 2.18 bits per heavy atom. The van der Waals surface area contributed by atoms with Gasteiger partial charge in [-0.2, -0.15) is 0 Å². The highest BCUT2D eigenvalue weighted by Gasteiger charge is 2.14. The van der Waals surface area contributed by atoms with Crippen LogP contribution in [0.1, 0.15) is 16.8 Å². The highest BCUT2D eigenvalue weighted by atomic mass is 35.5. The molecule has 3 aromatic rings. The molecule has 0 saturated carbocycles. The molecule has 0 radical (unpaired) electrons. The number of carbonyl (C=O) groups is 1. The third kappa shape index (κ3) is 3.07. The summed E-state index contributed by atoms with van der Waals surface area (Å²) in [6.07, 6.45) is 5.86. The van der Waals surface area contributed by atoms with Crippen molar-refractivity contribution in [1.82, 2.24) is 25.3 Å². The van der Waals surface area contributed by atoms with Crippen molar-refractivity contribution in [3.05, 3.63) is 53.4 Å². The first-order valence-corrected chi connectivity index (χ1v) is 7.29. The van der Waals surface area contributed by atoms with Crippen molar-refractivity contribution >= 4 is 28.4 Å². The molecule has 6 nitrogen and oxygen atoms in total. The van der Waals surface area contributed by atoms with Gasteiger partial charge in [0.2, 0.25) is 0 Å². The van der Waals surface area contributed by atoms with Crippen molar-refractivity contribution in [3.8, 4) is 0 Å². The van der Waals surface area contributed by atoms with Crippen LogP contribution in [-0.4, -0.2) is 32.4 Å². The lowest BCUT2D eigenvalue weighted by molar-refractivity contribution is 0.0954. The second-order valence-corrected chi connectivity index (χ2v) is 5.18. The summed E-state index contributed by atoms with van der Waals surface area (Å²) in [5.41, 5.74) is 1.22. The van der Waals surface area contributed by atoms with E-state index in [4.69, 9.17) is 11.6 Å². The second kappa shape index (κ2) is 6.53. The van der Waals surface area contributed by atoms with Crippen LogP contribution < -0.4 is 5.32 Å². The molecule has 1 N–H and O–H groups in total. The van der Waals surface area contributed by atoms with Gasteiger partial charge in [-0.1, -0.05) is 22.9 Å². The van der Waals surface area contributed by atoms with Gasteiger partial charge in [0.1, 0.15) is 0 Å². The molecule has 2 heterocycles. The van der Waals surface area contributed by atoms with E-state index in [0.717, 1.165) is 17.3 Å². The minimum atomic E-state index is -0.192. The van der Waals surface area contributed by atoms with Gasteiger partial charge in [0, 0.05) is 30.9 Å². The Balaban J connectivity index is 1.68. The summed E-state index contributed by atoms with van der Waals surface area (Å²) in [6.45, 7) is 1.23. The molecule has 112 valence electrons. The van der Waals surface area contributed by atoms with E-state index in [-0.39, 0.29) is 5.91 Å². The van der Waals surface area contributed by atoms with Crippen LogP contribution in [0.4, 0.5) is 0 Å². The van der Waals surface area contributed by atoms with E-state index < -0.39 is 0 Å². The van der Waals surface area contributed by atoms with Crippen molar-refractivity contribution < 1.29 is 4.79 Å². The van der Waals surface area contributed by atoms with Crippen LogP contribution in [0.3, 0.4) is 0 Å². The van der Waals surface area contributed by atoms with Gasteiger partial charge in [0.05, 0.1) is 22.3 Å². The van der Waals surface area contributed by atoms with Crippen molar-refractivity contribution in [2.45, 2.75) is 13.0 Å². The molecule has 0 unspecified atom stereocenters. The highest BCUT2D eigenvalue weighted by molar-refractivity contribution is 6.35. The van der Waals surface area contributed by atoms with E-state index in [2.05, 4.69) is 20.6 Å². The Hall–Kier alpha value is -2.47. The molecule has 7 heteroatoms. The molecule has 0 spiro atoms.